The number of aliphatic carboxylic acids is 1. The van der Waals surface area contributed by atoms with Crippen molar-refractivity contribution in [3.05, 3.63) is 11.6 Å². The zero-order valence-electron chi connectivity index (χ0n) is 23.3. The first-order valence-corrected chi connectivity index (χ1v) is 13.2. The lowest BCUT2D eigenvalue weighted by molar-refractivity contribution is -0.146. The SMILES string of the molecule is C/C(=C\C(C(C)C)N(C)C(=O)C(NC(=O)C1CCCCN1C)C(C)(C)C)C(=O)N1CCCC1C(=O)O. The maximum Gasteiger partial charge on any atom is 0.326 e. The van der Waals surface area contributed by atoms with Crippen LogP contribution in [0.25, 0.3) is 0 Å². The summed E-state index contributed by atoms with van der Waals surface area (Å²) < 4.78 is 0. The molecule has 0 bridgehead atoms. The van der Waals surface area contributed by atoms with E-state index in [-0.39, 0.29) is 29.7 Å². The molecule has 0 aromatic rings. The first-order chi connectivity index (χ1) is 16.7. The van der Waals surface area contributed by atoms with Crippen molar-refractivity contribution in [1.29, 1.82) is 0 Å². The molecule has 0 aromatic carbocycles. The smallest absolute Gasteiger partial charge is 0.326 e. The Morgan fingerprint density at radius 2 is 1.64 bits per heavy atom. The summed E-state index contributed by atoms with van der Waals surface area (Å²) in [5, 5.41) is 12.5. The minimum Gasteiger partial charge on any atom is -0.480 e. The van der Waals surface area contributed by atoms with E-state index in [0.717, 1.165) is 25.8 Å². The van der Waals surface area contributed by atoms with E-state index in [4.69, 9.17) is 0 Å². The highest BCUT2D eigenvalue weighted by Crippen LogP contribution is 2.26. The highest BCUT2D eigenvalue weighted by atomic mass is 16.4. The number of amides is 3. The van der Waals surface area contributed by atoms with Crippen molar-refractivity contribution >= 4 is 23.7 Å². The van der Waals surface area contributed by atoms with Gasteiger partial charge < -0.3 is 20.2 Å². The molecule has 36 heavy (non-hydrogen) atoms. The molecule has 3 amide bonds. The molecule has 4 unspecified atom stereocenters. The molecule has 0 radical (unpaired) electrons. The van der Waals surface area contributed by atoms with E-state index in [2.05, 4.69) is 5.32 Å². The van der Waals surface area contributed by atoms with Crippen LogP contribution >= 0.6 is 0 Å². The number of likely N-dealkylation sites (N-methyl/N-ethyl adjacent to an activating group) is 2. The van der Waals surface area contributed by atoms with Crippen molar-refractivity contribution in [2.75, 3.05) is 27.2 Å². The van der Waals surface area contributed by atoms with Crippen molar-refractivity contribution in [3.8, 4) is 0 Å². The first kappa shape index (κ1) is 29.8. The fourth-order valence-electron chi connectivity index (χ4n) is 5.22. The number of carbonyl (C=O) groups excluding carboxylic acids is 3. The Morgan fingerprint density at radius 3 is 2.17 bits per heavy atom. The number of nitrogens with one attached hydrogen (secondary N) is 1. The van der Waals surface area contributed by atoms with E-state index < -0.39 is 29.5 Å². The average molecular weight is 507 g/mol. The van der Waals surface area contributed by atoms with E-state index in [1.54, 1.807) is 24.9 Å². The molecule has 2 aliphatic heterocycles. The molecular formula is C27H46N4O5. The van der Waals surface area contributed by atoms with E-state index in [9.17, 15) is 24.3 Å². The molecule has 2 rings (SSSR count). The molecule has 2 aliphatic rings. The predicted octanol–water partition coefficient (Wildman–Crippen LogP) is 2.51. The fourth-order valence-corrected chi connectivity index (χ4v) is 5.22. The number of nitrogens with zero attached hydrogens (tertiary/aromatic N) is 3. The lowest BCUT2D eigenvalue weighted by Gasteiger charge is -2.39. The van der Waals surface area contributed by atoms with Gasteiger partial charge in [0.1, 0.15) is 12.1 Å². The molecule has 0 aromatic heterocycles. The van der Waals surface area contributed by atoms with Gasteiger partial charge in [-0.05, 0) is 57.5 Å². The topological polar surface area (TPSA) is 110 Å². The van der Waals surface area contributed by atoms with Gasteiger partial charge in [-0.15, -0.1) is 0 Å². The third kappa shape index (κ3) is 7.08. The summed E-state index contributed by atoms with van der Waals surface area (Å²) in [6, 6.07) is -2.18. The summed E-state index contributed by atoms with van der Waals surface area (Å²) in [6.45, 7) is 12.7. The molecule has 0 aliphatic carbocycles. The maximum atomic E-state index is 13.8. The predicted molar refractivity (Wildman–Crippen MR) is 139 cm³/mol. The number of carbonyl (C=O) groups is 4. The average Bonchev–Trinajstić information content (AvgIpc) is 3.29. The normalized spacial score (nSPS) is 23.4. The Bertz CT molecular complexity index is 863. The monoisotopic (exact) mass is 506 g/mol. The fraction of sp³-hybridized carbons (Fsp3) is 0.778. The Labute approximate surface area is 216 Å². The van der Waals surface area contributed by atoms with Gasteiger partial charge in [-0.25, -0.2) is 4.79 Å². The number of hydrogen-bond donors (Lipinski definition) is 2. The minimum atomic E-state index is -0.992. The molecule has 204 valence electrons. The van der Waals surface area contributed by atoms with Gasteiger partial charge in [0, 0.05) is 19.2 Å². The first-order valence-electron chi connectivity index (χ1n) is 13.2. The van der Waals surface area contributed by atoms with Crippen molar-refractivity contribution in [1.82, 2.24) is 20.0 Å². The van der Waals surface area contributed by atoms with Crippen LogP contribution in [0, 0.1) is 11.3 Å². The summed E-state index contributed by atoms with van der Waals surface area (Å²) in [5.74, 6) is -1.65. The molecular weight excluding hydrogens is 460 g/mol. The summed E-state index contributed by atoms with van der Waals surface area (Å²) in [4.78, 5) is 56.6. The van der Waals surface area contributed by atoms with Gasteiger partial charge in [0.05, 0.1) is 12.1 Å². The Morgan fingerprint density at radius 1 is 1.03 bits per heavy atom. The number of likely N-dealkylation sites (tertiary alicyclic amines) is 2. The van der Waals surface area contributed by atoms with E-state index >= 15 is 0 Å². The lowest BCUT2D eigenvalue weighted by atomic mass is 9.84. The molecule has 2 fully saturated rings. The summed E-state index contributed by atoms with van der Waals surface area (Å²) in [7, 11) is 3.65. The van der Waals surface area contributed by atoms with Crippen molar-refractivity contribution in [3.63, 3.8) is 0 Å². The van der Waals surface area contributed by atoms with Gasteiger partial charge >= 0.3 is 5.97 Å². The van der Waals surface area contributed by atoms with Gasteiger partial charge in [0.15, 0.2) is 0 Å². The van der Waals surface area contributed by atoms with Crippen LogP contribution in [0.15, 0.2) is 11.6 Å². The second-order valence-electron chi connectivity index (χ2n) is 11.8. The maximum absolute atomic E-state index is 13.8. The summed E-state index contributed by atoms with van der Waals surface area (Å²) >= 11 is 0. The largest absolute Gasteiger partial charge is 0.480 e. The molecule has 9 heteroatoms. The molecule has 2 saturated heterocycles. The second kappa shape index (κ2) is 12.2. The van der Waals surface area contributed by atoms with Gasteiger partial charge in [-0.3, -0.25) is 19.3 Å². The van der Waals surface area contributed by atoms with Gasteiger partial charge in [-0.1, -0.05) is 47.1 Å². The number of carboxylic acid groups (broad SMARTS) is 1. The second-order valence-corrected chi connectivity index (χ2v) is 11.8. The Hall–Kier alpha value is -2.42. The Balaban J connectivity index is 2.25. The number of rotatable bonds is 8. The quantitative estimate of drug-likeness (QED) is 0.490. The molecule has 9 nitrogen and oxygen atoms in total. The third-order valence-electron chi connectivity index (χ3n) is 7.51. The van der Waals surface area contributed by atoms with Crippen LogP contribution in [0.4, 0.5) is 0 Å². The molecule has 0 spiro atoms. The van der Waals surface area contributed by atoms with Crippen LogP contribution < -0.4 is 5.32 Å². The van der Waals surface area contributed by atoms with Crippen LogP contribution in [-0.4, -0.2) is 94.8 Å². The van der Waals surface area contributed by atoms with Crippen molar-refractivity contribution in [2.45, 2.75) is 97.8 Å². The zero-order valence-corrected chi connectivity index (χ0v) is 23.3. The third-order valence-corrected chi connectivity index (χ3v) is 7.51. The van der Waals surface area contributed by atoms with Crippen LogP contribution in [-0.2, 0) is 19.2 Å². The lowest BCUT2D eigenvalue weighted by Crippen LogP contribution is -2.59. The van der Waals surface area contributed by atoms with Gasteiger partial charge in [0.25, 0.3) is 0 Å². The molecule has 2 N–H and O–H groups in total. The number of hydrogen-bond acceptors (Lipinski definition) is 5. The standard InChI is InChI=1S/C27H46N4O5/c1-17(2)21(16-18(3)24(33)31-15-11-13-20(31)26(35)36)30(8)25(34)22(27(4,5)6)28-23(32)19-12-9-10-14-29(19)7/h16-17,19-22H,9-15H2,1-8H3,(H,28,32)(H,35,36)/b18-16+. The van der Waals surface area contributed by atoms with Crippen LogP contribution in [0.2, 0.25) is 0 Å². The van der Waals surface area contributed by atoms with Crippen LogP contribution in [0.1, 0.15) is 73.6 Å². The number of piperidine rings is 1. The van der Waals surface area contributed by atoms with Crippen LogP contribution in [0.5, 0.6) is 0 Å². The van der Waals surface area contributed by atoms with Gasteiger partial charge in [-0.2, -0.15) is 0 Å². The van der Waals surface area contributed by atoms with Crippen LogP contribution in [0.3, 0.4) is 0 Å². The Kier molecular flexibility index (Phi) is 10.1. The summed E-state index contributed by atoms with van der Waals surface area (Å²) in [5.41, 5.74) is -0.101. The zero-order chi connectivity index (χ0) is 27.4. The minimum absolute atomic E-state index is 0.00338. The highest BCUT2D eigenvalue weighted by molar-refractivity contribution is 5.96. The molecule has 0 saturated carbocycles. The molecule has 2 heterocycles. The van der Waals surface area contributed by atoms with Gasteiger partial charge in [0.2, 0.25) is 17.7 Å². The van der Waals surface area contributed by atoms with E-state index in [1.165, 1.54) is 4.90 Å². The highest BCUT2D eigenvalue weighted by Gasteiger charge is 2.39. The van der Waals surface area contributed by atoms with Crippen molar-refractivity contribution in [2.24, 2.45) is 11.3 Å². The number of carboxylic acids is 1. The van der Waals surface area contributed by atoms with E-state index in [0.29, 0.717) is 25.0 Å². The van der Waals surface area contributed by atoms with E-state index in [1.807, 2.05) is 46.6 Å². The summed E-state index contributed by atoms with van der Waals surface area (Å²) in [6.07, 6.45) is 5.70. The van der Waals surface area contributed by atoms with Crippen molar-refractivity contribution < 1.29 is 24.3 Å². The molecule has 4 atom stereocenters.